The zero-order valence-electron chi connectivity index (χ0n) is 5.36. The molecule has 0 aliphatic rings. The number of hydrogen-bond donors (Lipinski definition) is 0. The number of aldehydes is 1. The number of halogens is 1. The van der Waals surface area contributed by atoms with Gasteiger partial charge in [0.1, 0.15) is 6.29 Å². The molecule has 1 heterocycles. The van der Waals surface area contributed by atoms with Gasteiger partial charge in [-0.1, -0.05) is 0 Å². The van der Waals surface area contributed by atoms with Crippen LogP contribution in [-0.4, -0.2) is 11.3 Å². The molecule has 0 atom stereocenters. The van der Waals surface area contributed by atoms with Crippen molar-refractivity contribution in [1.82, 2.24) is 4.98 Å². The van der Waals surface area contributed by atoms with Crippen molar-refractivity contribution in [2.75, 3.05) is 0 Å². The van der Waals surface area contributed by atoms with Crippen LogP contribution >= 0.6 is 17.0 Å². The molecular weight excluding hydrogens is 194 g/mol. The molecule has 0 radical (unpaired) electrons. The summed E-state index contributed by atoms with van der Waals surface area (Å²) < 4.78 is 0. The van der Waals surface area contributed by atoms with Gasteiger partial charge in [-0.25, -0.2) is 0 Å². The fraction of sp³-hybridized carbons (Fsp3) is 0.143. The topological polar surface area (TPSA) is 30.0 Å². The molecule has 0 amide bonds. The second kappa shape index (κ2) is 5.11. The first-order chi connectivity index (χ1) is 4.43. The van der Waals surface area contributed by atoms with Crippen molar-refractivity contribution in [1.29, 1.82) is 0 Å². The van der Waals surface area contributed by atoms with E-state index in [9.17, 15) is 4.79 Å². The predicted octanol–water partition coefficient (Wildman–Crippen LogP) is 1.40. The molecular formula is C7H8BrNO. The van der Waals surface area contributed by atoms with Crippen LogP contribution in [0.4, 0.5) is 0 Å². The normalized spacial score (nSPS) is 8.00. The van der Waals surface area contributed by atoms with Crippen LogP contribution in [0.1, 0.15) is 5.56 Å². The lowest BCUT2D eigenvalue weighted by Gasteiger charge is -1.88. The van der Waals surface area contributed by atoms with Crippen LogP contribution in [0.3, 0.4) is 0 Å². The SMILES string of the molecule is Br.O=CCc1ccncc1. The van der Waals surface area contributed by atoms with E-state index in [4.69, 9.17) is 0 Å². The van der Waals surface area contributed by atoms with Crippen LogP contribution in [0, 0.1) is 0 Å². The first kappa shape index (κ1) is 9.30. The molecule has 10 heavy (non-hydrogen) atoms. The van der Waals surface area contributed by atoms with E-state index in [0.29, 0.717) is 6.42 Å². The van der Waals surface area contributed by atoms with Crippen LogP contribution < -0.4 is 0 Å². The number of rotatable bonds is 2. The minimum Gasteiger partial charge on any atom is -0.303 e. The maximum absolute atomic E-state index is 9.95. The number of nitrogens with zero attached hydrogens (tertiary/aromatic N) is 1. The minimum absolute atomic E-state index is 0. The van der Waals surface area contributed by atoms with Gasteiger partial charge in [0, 0.05) is 18.8 Å². The lowest BCUT2D eigenvalue weighted by Crippen LogP contribution is -1.83. The van der Waals surface area contributed by atoms with E-state index in [2.05, 4.69) is 4.98 Å². The molecule has 0 aliphatic heterocycles. The molecule has 0 aromatic carbocycles. The van der Waals surface area contributed by atoms with Gasteiger partial charge in [-0.15, -0.1) is 17.0 Å². The van der Waals surface area contributed by atoms with Crippen molar-refractivity contribution in [3.8, 4) is 0 Å². The summed E-state index contributed by atoms with van der Waals surface area (Å²) in [6, 6.07) is 3.66. The smallest absolute Gasteiger partial charge is 0.124 e. The Morgan fingerprint density at radius 2 is 2.00 bits per heavy atom. The van der Waals surface area contributed by atoms with Crippen molar-refractivity contribution in [2.24, 2.45) is 0 Å². The van der Waals surface area contributed by atoms with Crippen molar-refractivity contribution >= 4 is 23.3 Å². The van der Waals surface area contributed by atoms with Gasteiger partial charge in [0.2, 0.25) is 0 Å². The van der Waals surface area contributed by atoms with E-state index in [1.807, 2.05) is 12.1 Å². The van der Waals surface area contributed by atoms with Gasteiger partial charge in [-0.2, -0.15) is 0 Å². The van der Waals surface area contributed by atoms with Crippen LogP contribution in [0.15, 0.2) is 24.5 Å². The Labute approximate surface area is 70.1 Å². The summed E-state index contributed by atoms with van der Waals surface area (Å²) in [5, 5.41) is 0. The number of hydrogen-bond acceptors (Lipinski definition) is 2. The monoisotopic (exact) mass is 201 g/mol. The Kier molecular flexibility index (Phi) is 4.76. The van der Waals surface area contributed by atoms with Gasteiger partial charge in [0.05, 0.1) is 0 Å². The van der Waals surface area contributed by atoms with Crippen LogP contribution in [0.25, 0.3) is 0 Å². The van der Waals surface area contributed by atoms with E-state index in [1.165, 1.54) is 0 Å². The zero-order chi connectivity index (χ0) is 6.53. The summed E-state index contributed by atoms with van der Waals surface area (Å²) in [4.78, 5) is 13.8. The number of pyridine rings is 1. The lowest BCUT2D eigenvalue weighted by molar-refractivity contribution is -0.107. The fourth-order valence-corrected chi connectivity index (χ4v) is 0.615. The Hall–Kier alpha value is -0.700. The quantitative estimate of drug-likeness (QED) is 0.678. The number of carbonyl (C=O) groups is 1. The fourth-order valence-electron chi connectivity index (χ4n) is 0.615. The van der Waals surface area contributed by atoms with Crippen LogP contribution in [0.2, 0.25) is 0 Å². The zero-order valence-corrected chi connectivity index (χ0v) is 7.07. The van der Waals surface area contributed by atoms with E-state index >= 15 is 0 Å². The molecule has 2 nitrogen and oxygen atoms in total. The average Bonchev–Trinajstić information content (AvgIpc) is 1.91. The van der Waals surface area contributed by atoms with Gasteiger partial charge in [-0.3, -0.25) is 4.98 Å². The van der Waals surface area contributed by atoms with Crippen molar-refractivity contribution in [3.05, 3.63) is 30.1 Å². The van der Waals surface area contributed by atoms with Gasteiger partial charge >= 0.3 is 0 Å². The first-order valence-corrected chi connectivity index (χ1v) is 2.76. The molecule has 0 aliphatic carbocycles. The number of carbonyl (C=O) groups excluding carboxylic acids is 1. The summed E-state index contributed by atoms with van der Waals surface area (Å²) in [6.45, 7) is 0. The van der Waals surface area contributed by atoms with Crippen molar-refractivity contribution in [3.63, 3.8) is 0 Å². The second-order valence-electron chi connectivity index (χ2n) is 1.73. The summed E-state index contributed by atoms with van der Waals surface area (Å²) in [7, 11) is 0. The standard InChI is InChI=1S/C7H7NO.BrH/c9-6-3-7-1-4-8-5-2-7;/h1-2,4-6H,3H2;1H. The third-order valence-corrected chi connectivity index (χ3v) is 1.07. The maximum Gasteiger partial charge on any atom is 0.124 e. The molecule has 0 bridgehead atoms. The molecule has 0 fully saturated rings. The molecule has 0 unspecified atom stereocenters. The molecule has 0 saturated carbocycles. The molecule has 1 aromatic heterocycles. The van der Waals surface area contributed by atoms with Crippen molar-refractivity contribution in [2.45, 2.75) is 6.42 Å². The van der Waals surface area contributed by atoms with Gasteiger partial charge in [0.25, 0.3) is 0 Å². The third-order valence-electron chi connectivity index (χ3n) is 1.07. The average molecular weight is 202 g/mol. The Morgan fingerprint density at radius 3 is 2.50 bits per heavy atom. The number of aromatic nitrogens is 1. The van der Waals surface area contributed by atoms with Crippen LogP contribution in [-0.2, 0) is 11.2 Å². The van der Waals surface area contributed by atoms with E-state index in [-0.39, 0.29) is 17.0 Å². The minimum atomic E-state index is 0. The predicted molar refractivity (Wildman–Crippen MR) is 44.3 cm³/mol. The first-order valence-electron chi connectivity index (χ1n) is 2.76. The van der Waals surface area contributed by atoms with Gasteiger partial charge in [0.15, 0.2) is 0 Å². The highest BCUT2D eigenvalue weighted by molar-refractivity contribution is 8.93. The summed E-state index contributed by atoms with van der Waals surface area (Å²) >= 11 is 0. The molecule has 0 spiro atoms. The largest absolute Gasteiger partial charge is 0.303 e. The molecule has 54 valence electrons. The Morgan fingerprint density at radius 1 is 1.40 bits per heavy atom. The third kappa shape index (κ3) is 2.73. The van der Waals surface area contributed by atoms with E-state index in [0.717, 1.165) is 11.8 Å². The summed E-state index contributed by atoms with van der Waals surface area (Å²) in [6.07, 6.45) is 4.73. The molecule has 0 N–H and O–H groups in total. The highest BCUT2D eigenvalue weighted by Gasteiger charge is 1.85. The highest BCUT2D eigenvalue weighted by Crippen LogP contribution is 1.93. The van der Waals surface area contributed by atoms with Gasteiger partial charge < -0.3 is 4.79 Å². The lowest BCUT2D eigenvalue weighted by atomic mass is 10.2. The highest BCUT2D eigenvalue weighted by atomic mass is 79.9. The molecule has 1 rings (SSSR count). The van der Waals surface area contributed by atoms with Crippen LogP contribution in [0.5, 0.6) is 0 Å². The molecule has 3 heteroatoms. The van der Waals surface area contributed by atoms with Gasteiger partial charge in [-0.05, 0) is 17.7 Å². The van der Waals surface area contributed by atoms with E-state index < -0.39 is 0 Å². The Balaban J connectivity index is 0.000000810. The summed E-state index contributed by atoms with van der Waals surface area (Å²) in [5.41, 5.74) is 1.01. The maximum atomic E-state index is 9.95. The Bertz CT molecular complexity index is 188. The molecule has 0 saturated heterocycles. The molecule has 1 aromatic rings. The van der Waals surface area contributed by atoms with E-state index in [1.54, 1.807) is 12.4 Å². The summed E-state index contributed by atoms with van der Waals surface area (Å²) in [5.74, 6) is 0. The second-order valence-corrected chi connectivity index (χ2v) is 1.73. The van der Waals surface area contributed by atoms with Crippen molar-refractivity contribution < 1.29 is 4.79 Å².